The summed E-state index contributed by atoms with van der Waals surface area (Å²) in [6, 6.07) is 27.2. The van der Waals surface area contributed by atoms with E-state index in [4.69, 9.17) is 0 Å². The number of nitrogens with zero attached hydrogens (tertiary/aromatic N) is 2. The summed E-state index contributed by atoms with van der Waals surface area (Å²) >= 11 is 0. The van der Waals surface area contributed by atoms with E-state index in [2.05, 4.69) is 17.0 Å². The zero-order valence-electron chi connectivity index (χ0n) is 14.8. The third-order valence-corrected chi connectivity index (χ3v) is 5.62. The zero-order chi connectivity index (χ0) is 18.4. The van der Waals surface area contributed by atoms with Gasteiger partial charge >= 0.3 is 0 Å². The molecule has 1 saturated heterocycles. The summed E-state index contributed by atoms with van der Waals surface area (Å²) in [5.41, 5.74) is 2.09. The molecule has 0 saturated carbocycles. The fourth-order valence-electron chi connectivity index (χ4n) is 4.46. The van der Waals surface area contributed by atoms with Gasteiger partial charge in [0.25, 0.3) is 5.91 Å². The zero-order valence-corrected chi connectivity index (χ0v) is 14.8. The summed E-state index contributed by atoms with van der Waals surface area (Å²) in [5.74, 6) is -0.107. The first-order valence-corrected chi connectivity index (χ1v) is 9.16. The number of benzene rings is 3. The van der Waals surface area contributed by atoms with Gasteiger partial charge in [-0.25, -0.2) is 0 Å². The first kappa shape index (κ1) is 16.2. The van der Waals surface area contributed by atoms with Crippen LogP contribution in [0.5, 0.6) is 0 Å². The first-order chi connectivity index (χ1) is 13.2. The maximum absolute atomic E-state index is 13.0. The van der Waals surface area contributed by atoms with Crippen molar-refractivity contribution in [2.24, 2.45) is 0 Å². The molecule has 0 radical (unpaired) electrons. The minimum absolute atomic E-state index is 0.107. The lowest BCUT2D eigenvalue weighted by atomic mass is 9.89. The molecule has 2 aliphatic heterocycles. The molecule has 0 aromatic heterocycles. The molecule has 4 nitrogen and oxygen atoms in total. The molecule has 27 heavy (non-hydrogen) atoms. The second-order valence-electron chi connectivity index (χ2n) is 7.19. The Hall–Kier alpha value is -2.95. The van der Waals surface area contributed by atoms with E-state index in [1.165, 1.54) is 0 Å². The van der Waals surface area contributed by atoms with Crippen LogP contribution in [-0.4, -0.2) is 27.5 Å². The SMILES string of the molecule is O=C1c2ccccc2[C@]2(O)C(c3ccccc3)N(Cc3ccccc3)CN12. The quantitative estimate of drug-likeness (QED) is 0.781. The van der Waals surface area contributed by atoms with Gasteiger partial charge in [0.05, 0.1) is 12.7 Å². The van der Waals surface area contributed by atoms with Crippen molar-refractivity contribution in [1.29, 1.82) is 0 Å². The predicted octanol–water partition coefficient (Wildman–Crippen LogP) is 3.50. The molecule has 3 aromatic carbocycles. The molecule has 0 spiro atoms. The van der Waals surface area contributed by atoms with Gasteiger partial charge in [-0.05, 0) is 17.2 Å². The fraction of sp³-hybridized carbons (Fsp3) is 0.174. The van der Waals surface area contributed by atoms with Gasteiger partial charge in [0.1, 0.15) is 0 Å². The monoisotopic (exact) mass is 356 g/mol. The van der Waals surface area contributed by atoms with Gasteiger partial charge < -0.3 is 5.11 Å². The Balaban J connectivity index is 1.64. The number of rotatable bonds is 3. The van der Waals surface area contributed by atoms with Crippen LogP contribution in [0.3, 0.4) is 0 Å². The highest BCUT2D eigenvalue weighted by Crippen LogP contribution is 2.52. The smallest absolute Gasteiger partial charge is 0.257 e. The summed E-state index contributed by atoms with van der Waals surface area (Å²) < 4.78 is 0. The number of fused-ring (bicyclic) bond motifs is 3. The van der Waals surface area contributed by atoms with Crippen LogP contribution in [0.15, 0.2) is 84.9 Å². The van der Waals surface area contributed by atoms with E-state index < -0.39 is 5.72 Å². The maximum atomic E-state index is 13.0. The topological polar surface area (TPSA) is 43.8 Å². The average molecular weight is 356 g/mol. The second kappa shape index (κ2) is 6.05. The molecule has 1 amide bonds. The highest BCUT2D eigenvalue weighted by atomic mass is 16.3. The average Bonchev–Trinajstić information content (AvgIpc) is 3.12. The number of hydrogen-bond donors (Lipinski definition) is 1. The molecule has 4 heteroatoms. The van der Waals surface area contributed by atoms with E-state index in [0.29, 0.717) is 24.3 Å². The van der Waals surface area contributed by atoms with E-state index in [9.17, 15) is 9.90 Å². The summed E-state index contributed by atoms with van der Waals surface area (Å²) in [6.45, 7) is 1.05. The van der Waals surface area contributed by atoms with Gasteiger partial charge in [0, 0.05) is 17.7 Å². The standard InChI is InChI=1S/C23H20N2O2/c26-22-19-13-7-8-14-20(19)23(27)21(18-11-5-2-6-12-18)24(16-25(22)23)15-17-9-3-1-4-10-17/h1-14,21,27H,15-16H2/t21?,23-/m0/s1. The van der Waals surface area contributed by atoms with Crippen molar-refractivity contribution in [2.75, 3.05) is 6.67 Å². The molecule has 2 atom stereocenters. The molecular formula is C23H20N2O2. The van der Waals surface area contributed by atoms with Crippen molar-refractivity contribution < 1.29 is 9.90 Å². The number of hydrogen-bond acceptors (Lipinski definition) is 3. The molecule has 1 unspecified atom stereocenters. The van der Waals surface area contributed by atoms with E-state index in [1.54, 1.807) is 11.0 Å². The summed E-state index contributed by atoms with van der Waals surface area (Å²) in [7, 11) is 0. The molecule has 2 heterocycles. The Kier molecular flexibility index (Phi) is 3.64. The summed E-state index contributed by atoms with van der Waals surface area (Å²) in [4.78, 5) is 16.8. The van der Waals surface area contributed by atoms with Crippen LogP contribution in [0, 0.1) is 0 Å². The van der Waals surface area contributed by atoms with E-state index in [1.807, 2.05) is 66.7 Å². The molecule has 0 aliphatic carbocycles. The van der Waals surface area contributed by atoms with E-state index in [0.717, 1.165) is 11.1 Å². The number of carbonyl (C=O) groups excluding carboxylic acids is 1. The molecule has 5 rings (SSSR count). The van der Waals surface area contributed by atoms with Gasteiger partial charge in [0.2, 0.25) is 0 Å². The van der Waals surface area contributed by atoms with Crippen molar-refractivity contribution in [1.82, 2.24) is 9.80 Å². The van der Waals surface area contributed by atoms with Crippen LogP contribution in [0.4, 0.5) is 0 Å². The highest BCUT2D eigenvalue weighted by Gasteiger charge is 2.60. The first-order valence-electron chi connectivity index (χ1n) is 9.16. The van der Waals surface area contributed by atoms with Crippen LogP contribution in [0.1, 0.15) is 33.1 Å². The summed E-state index contributed by atoms with van der Waals surface area (Å²) in [5, 5.41) is 11.9. The largest absolute Gasteiger partial charge is 0.365 e. The molecule has 1 N–H and O–H groups in total. The Morgan fingerprint density at radius 1 is 0.889 bits per heavy atom. The predicted molar refractivity (Wildman–Crippen MR) is 103 cm³/mol. The van der Waals surface area contributed by atoms with Crippen molar-refractivity contribution in [3.05, 3.63) is 107 Å². The lowest BCUT2D eigenvalue weighted by Crippen LogP contribution is -2.41. The Morgan fingerprint density at radius 2 is 1.52 bits per heavy atom. The van der Waals surface area contributed by atoms with Crippen molar-refractivity contribution in [2.45, 2.75) is 18.3 Å². The summed E-state index contributed by atoms with van der Waals surface area (Å²) in [6.07, 6.45) is 0. The van der Waals surface area contributed by atoms with E-state index >= 15 is 0 Å². The second-order valence-corrected chi connectivity index (χ2v) is 7.19. The number of amides is 1. The van der Waals surface area contributed by atoms with E-state index in [-0.39, 0.29) is 11.9 Å². The Morgan fingerprint density at radius 3 is 2.26 bits per heavy atom. The third kappa shape index (κ3) is 2.34. The molecule has 2 aliphatic rings. The highest BCUT2D eigenvalue weighted by molar-refractivity contribution is 6.00. The van der Waals surface area contributed by atoms with Gasteiger partial charge in [-0.3, -0.25) is 14.6 Å². The van der Waals surface area contributed by atoms with Gasteiger partial charge in [-0.15, -0.1) is 0 Å². The van der Waals surface area contributed by atoms with Gasteiger partial charge in [0.15, 0.2) is 5.72 Å². The van der Waals surface area contributed by atoms with Crippen LogP contribution in [-0.2, 0) is 12.3 Å². The number of carbonyl (C=O) groups is 1. The lowest BCUT2D eigenvalue weighted by molar-refractivity contribution is -0.0770. The molecule has 1 fully saturated rings. The van der Waals surface area contributed by atoms with Crippen molar-refractivity contribution >= 4 is 5.91 Å². The molecule has 0 bridgehead atoms. The van der Waals surface area contributed by atoms with Gasteiger partial charge in [-0.2, -0.15) is 0 Å². The minimum Gasteiger partial charge on any atom is -0.365 e. The van der Waals surface area contributed by atoms with Crippen molar-refractivity contribution in [3.63, 3.8) is 0 Å². The Labute approximate surface area is 158 Å². The van der Waals surface area contributed by atoms with Crippen LogP contribution in [0.2, 0.25) is 0 Å². The fourth-order valence-corrected chi connectivity index (χ4v) is 4.46. The Bertz CT molecular complexity index is 990. The van der Waals surface area contributed by atoms with Crippen LogP contribution in [0.25, 0.3) is 0 Å². The normalized spacial score (nSPS) is 24.1. The number of aliphatic hydroxyl groups is 1. The van der Waals surface area contributed by atoms with Crippen LogP contribution >= 0.6 is 0 Å². The maximum Gasteiger partial charge on any atom is 0.257 e. The third-order valence-electron chi connectivity index (χ3n) is 5.62. The minimum atomic E-state index is -1.36. The van der Waals surface area contributed by atoms with Gasteiger partial charge in [-0.1, -0.05) is 78.9 Å². The van der Waals surface area contributed by atoms with Crippen molar-refractivity contribution in [3.8, 4) is 0 Å². The molecule has 3 aromatic rings. The lowest BCUT2D eigenvalue weighted by Gasteiger charge is -2.34. The van der Waals surface area contributed by atoms with Crippen LogP contribution < -0.4 is 0 Å². The molecule has 134 valence electrons. The molecular weight excluding hydrogens is 336 g/mol.